The monoisotopic (exact) mass is 364 g/mol. The second-order valence-electron chi connectivity index (χ2n) is 6.13. The van der Waals surface area contributed by atoms with Gasteiger partial charge in [-0.3, -0.25) is 4.79 Å². The molecule has 0 saturated heterocycles. The zero-order valence-electron chi connectivity index (χ0n) is 14.1. The Morgan fingerprint density at radius 1 is 1.52 bits per heavy atom. The van der Waals surface area contributed by atoms with Gasteiger partial charge in [-0.2, -0.15) is 0 Å². The first kappa shape index (κ1) is 17.7. The van der Waals surface area contributed by atoms with E-state index in [1.165, 1.54) is 11.8 Å². The Bertz CT molecular complexity index is 764. The van der Waals surface area contributed by atoms with E-state index in [2.05, 4.69) is 27.2 Å². The van der Waals surface area contributed by atoms with Crippen LogP contribution in [-0.4, -0.2) is 38.7 Å². The molecule has 0 radical (unpaired) electrons. The molecule has 0 unspecified atom stereocenters. The van der Waals surface area contributed by atoms with Crippen molar-refractivity contribution in [2.45, 2.75) is 38.3 Å². The van der Waals surface area contributed by atoms with E-state index in [9.17, 15) is 9.90 Å². The molecule has 0 aliphatic heterocycles. The number of amides is 1. The van der Waals surface area contributed by atoms with Crippen LogP contribution in [0.3, 0.4) is 0 Å². The standard InChI is InChI=1S/C16H20N4O4S/c1-8(21)16-19-18-14(23-16)6-10-4-11(5-10)17-15(22)13-7-12(20-24-13)9(2)25-3/h7-8,10-11,21H,2,4-6H2,1,3H3,(H,17,22)/t8-,10?,11?/m1/s1. The molecule has 1 aliphatic rings. The van der Waals surface area contributed by atoms with Gasteiger partial charge in [-0.05, 0) is 31.9 Å². The summed E-state index contributed by atoms with van der Waals surface area (Å²) in [5, 5.41) is 23.9. The number of nitrogens with one attached hydrogen (secondary N) is 1. The molecule has 1 amide bonds. The van der Waals surface area contributed by atoms with Gasteiger partial charge in [0.2, 0.25) is 17.5 Å². The van der Waals surface area contributed by atoms with Crippen molar-refractivity contribution in [3.8, 4) is 0 Å². The minimum absolute atomic E-state index is 0.0916. The van der Waals surface area contributed by atoms with Crippen LogP contribution in [-0.2, 0) is 6.42 Å². The molecule has 25 heavy (non-hydrogen) atoms. The van der Waals surface area contributed by atoms with Crippen LogP contribution in [0.15, 0.2) is 21.6 Å². The summed E-state index contributed by atoms with van der Waals surface area (Å²) in [5.41, 5.74) is 0.578. The second-order valence-corrected chi connectivity index (χ2v) is 7.03. The van der Waals surface area contributed by atoms with E-state index in [1.807, 2.05) is 6.26 Å². The summed E-state index contributed by atoms with van der Waals surface area (Å²) in [7, 11) is 0. The summed E-state index contributed by atoms with van der Waals surface area (Å²) in [6, 6.07) is 1.69. The Morgan fingerprint density at radius 3 is 2.92 bits per heavy atom. The molecule has 0 bridgehead atoms. The van der Waals surface area contributed by atoms with Gasteiger partial charge >= 0.3 is 0 Å². The molecule has 1 fully saturated rings. The highest BCUT2D eigenvalue weighted by Gasteiger charge is 2.32. The van der Waals surface area contributed by atoms with Gasteiger partial charge in [0.1, 0.15) is 11.8 Å². The van der Waals surface area contributed by atoms with Crippen LogP contribution >= 0.6 is 11.8 Å². The molecule has 8 nitrogen and oxygen atoms in total. The molecule has 1 aliphatic carbocycles. The Hall–Kier alpha value is -2.13. The average Bonchev–Trinajstić information content (AvgIpc) is 3.21. The Kier molecular flexibility index (Phi) is 5.24. The summed E-state index contributed by atoms with van der Waals surface area (Å²) in [6.07, 6.45) is 3.43. The molecule has 3 rings (SSSR count). The van der Waals surface area contributed by atoms with Crippen molar-refractivity contribution in [3.63, 3.8) is 0 Å². The SMILES string of the molecule is C=C(SC)c1cc(C(=O)NC2CC(Cc3nnc([C@@H](C)O)o3)C2)on1. The van der Waals surface area contributed by atoms with Crippen LogP contribution < -0.4 is 5.32 Å². The number of carbonyl (C=O) groups excluding carboxylic acids is 1. The van der Waals surface area contributed by atoms with Gasteiger partial charge in [-0.15, -0.1) is 22.0 Å². The lowest BCUT2D eigenvalue weighted by molar-refractivity contribution is 0.0848. The molecule has 1 atom stereocenters. The van der Waals surface area contributed by atoms with Crippen molar-refractivity contribution in [2.75, 3.05) is 6.26 Å². The third-order valence-corrected chi connectivity index (χ3v) is 4.84. The van der Waals surface area contributed by atoms with E-state index in [0.717, 1.165) is 17.7 Å². The number of thioether (sulfide) groups is 1. The fourth-order valence-corrected chi connectivity index (χ4v) is 2.97. The number of nitrogens with zero attached hydrogens (tertiary/aromatic N) is 3. The maximum absolute atomic E-state index is 12.2. The molecule has 2 aromatic heterocycles. The van der Waals surface area contributed by atoms with Gasteiger partial charge in [0.25, 0.3) is 5.91 Å². The fourth-order valence-electron chi connectivity index (χ4n) is 2.66. The number of carbonyl (C=O) groups is 1. The molecule has 0 aromatic carbocycles. The van der Waals surface area contributed by atoms with Crippen molar-refractivity contribution in [3.05, 3.63) is 35.9 Å². The van der Waals surface area contributed by atoms with E-state index in [-0.39, 0.29) is 23.6 Å². The topological polar surface area (TPSA) is 114 Å². The zero-order chi connectivity index (χ0) is 18.0. The quantitative estimate of drug-likeness (QED) is 0.768. The van der Waals surface area contributed by atoms with Crippen LogP contribution in [0, 0.1) is 5.92 Å². The van der Waals surface area contributed by atoms with Gasteiger partial charge < -0.3 is 19.4 Å². The van der Waals surface area contributed by atoms with Crippen molar-refractivity contribution < 1.29 is 18.8 Å². The molecule has 0 spiro atoms. The normalized spacial score (nSPS) is 20.8. The Morgan fingerprint density at radius 2 is 2.28 bits per heavy atom. The lowest BCUT2D eigenvalue weighted by Gasteiger charge is -2.34. The minimum atomic E-state index is -0.760. The highest BCUT2D eigenvalue weighted by Crippen LogP contribution is 2.31. The number of rotatable bonds is 7. The third kappa shape index (κ3) is 4.10. The van der Waals surface area contributed by atoms with Gasteiger partial charge in [0.15, 0.2) is 0 Å². The number of aliphatic hydroxyl groups excluding tert-OH is 1. The molecule has 9 heteroatoms. The van der Waals surface area contributed by atoms with E-state index in [0.29, 0.717) is 23.9 Å². The molecule has 134 valence electrons. The average molecular weight is 364 g/mol. The highest BCUT2D eigenvalue weighted by atomic mass is 32.2. The first-order valence-corrected chi connectivity index (χ1v) is 9.20. The molecular weight excluding hydrogens is 344 g/mol. The van der Waals surface area contributed by atoms with Crippen LogP contribution in [0.5, 0.6) is 0 Å². The predicted octanol–water partition coefficient (Wildman–Crippen LogP) is 2.20. The number of hydrogen-bond acceptors (Lipinski definition) is 8. The smallest absolute Gasteiger partial charge is 0.290 e. The predicted molar refractivity (Wildman–Crippen MR) is 91.7 cm³/mol. The van der Waals surface area contributed by atoms with Gasteiger partial charge in [-0.25, -0.2) is 0 Å². The van der Waals surface area contributed by atoms with Gasteiger partial charge in [0, 0.05) is 23.4 Å². The summed E-state index contributed by atoms with van der Waals surface area (Å²) < 4.78 is 10.5. The lowest BCUT2D eigenvalue weighted by Crippen LogP contribution is -2.44. The minimum Gasteiger partial charge on any atom is -0.422 e. The molecule has 1 saturated carbocycles. The van der Waals surface area contributed by atoms with Crippen LogP contribution in [0.4, 0.5) is 0 Å². The van der Waals surface area contributed by atoms with Gasteiger partial charge in [-0.1, -0.05) is 11.7 Å². The Balaban J connectivity index is 1.45. The molecular formula is C16H20N4O4S. The van der Waals surface area contributed by atoms with Crippen LogP contribution in [0.2, 0.25) is 0 Å². The van der Waals surface area contributed by atoms with Crippen LogP contribution in [0.1, 0.15) is 53.9 Å². The number of hydrogen-bond donors (Lipinski definition) is 2. The first-order valence-electron chi connectivity index (χ1n) is 7.97. The summed E-state index contributed by atoms with van der Waals surface area (Å²) in [6.45, 7) is 5.42. The molecule has 2 heterocycles. The van der Waals surface area contributed by atoms with Crippen molar-refractivity contribution in [1.29, 1.82) is 0 Å². The van der Waals surface area contributed by atoms with E-state index in [1.54, 1.807) is 13.0 Å². The van der Waals surface area contributed by atoms with E-state index < -0.39 is 6.10 Å². The van der Waals surface area contributed by atoms with Crippen molar-refractivity contribution >= 4 is 22.6 Å². The highest BCUT2D eigenvalue weighted by molar-refractivity contribution is 8.07. The van der Waals surface area contributed by atoms with Crippen molar-refractivity contribution in [1.82, 2.24) is 20.7 Å². The Labute approximate surface area is 149 Å². The number of aliphatic hydroxyl groups is 1. The number of aromatic nitrogens is 3. The van der Waals surface area contributed by atoms with Crippen molar-refractivity contribution in [2.24, 2.45) is 5.92 Å². The first-order chi connectivity index (χ1) is 12.0. The summed E-state index contributed by atoms with van der Waals surface area (Å²) >= 11 is 1.45. The maximum atomic E-state index is 12.2. The van der Waals surface area contributed by atoms with E-state index >= 15 is 0 Å². The van der Waals surface area contributed by atoms with Crippen LogP contribution in [0.25, 0.3) is 4.91 Å². The zero-order valence-corrected chi connectivity index (χ0v) is 14.9. The van der Waals surface area contributed by atoms with E-state index in [4.69, 9.17) is 8.94 Å². The second kappa shape index (κ2) is 7.40. The lowest BCUT2D eigenvalue weighted by atomic mass is 9.78. The molecule has 2 aromatic rings. The largest absolute Gasteiger partial charge is 0.422 e. The maximum Gasteiger partial charge on any atom is 0.290 e. The summed E-state index contributed by atoms with van der Waals surface area (Å²) in [5.74, 6) is 1.03. The fraction of sp³-hybridized carbons (Fsp3) is 0.500. The van der Waals surface area contributed by atoms with Gasteiger partial charge in [0.05, 0.1) is 0 Å². The summed E-state index contributed by atoms with van der Waals surface area (Å²) in [4.78, 5) is 12.9. The molecule has 2 N–H and O–H groups in total. The third-order valence-electron chi connectivity index (χ3n) is 4.14.